The molecular formula is C29H29N3O. The minimum absolute atomic E-state index is 0.480. The number of pyridine rings is 2. The molecule has 4 nitrogen and oxygen atoms in total. The molecule has 4 heteroatoms. The van der Waals surface area contributed by atoms with Gasteiger partial charge in [0.1, 0.15) is 17.0 Å². The molecule has 0 aliphatic heterocycles. The zero-order valence-corrected chi connectivity index (χ0v) is 19.4. The predicted octanol–water partition coefficient (Wildman–Crippen LogP) is 7.28. The van der Waals surface area contributed by atoms with Crippen molar-refractivity contribution < 1.29 is 4.74 Å². The summed E-state index contributed by atoms with van der Waals surface area (Å²) in [6, 6.07) is 26.6. The van der Waals surface area contributed by atoms with Gasteiger partial charge < -0.3 is 10.5 Å². The van der Waals surface area contributed by atoms with Gasteiger partial charge in [-0.1, -0.05) is 56.3 Å². The number of hydrogen-bond donors (Lipinski definition) is 1. The van der Waals surface area contributed by atoms with Gasteiger partial charge in [-0.3, -0.25) is 4.98 Å². The Morgan fingerprint density at radius 2 is 1.45 bits per heavy atom. The normalized spacial score (nSPS) is 10.6. The first-order valence-electron chi connectivity index (χ1n) is 11.4. The number of benzene rings is 3. The van der Waals surface area contributed by atoms with E-state index in [1.165, 1.54) is 16.7 Å². The van der Waals surface area contributed by atoms with Gasteiger partial charge in [0.25, 0.3) is 0 Å². The van der Waals surface area contributed by atoms with Crippen molar-refractivity contribution in [3.63, 3.8) is 0 Å². The lowest BCUT2D eigenvalue weighted by molar-refractivity contribution is 0.482. The van der Waals surface area contributed by atoms with E-state index in [0.717, 1.165) is 46.1 Å². The minimum Gasteiger partial charge on any atom is -0.457 e. The summed E-state index contributed by atoms with van der Waals surface area (Å²) < 4.78 is 5.88. The number of anilines is 1. The molecular weight excluding hydrogens is 406 g/mol. The first-order chi connectivity index (χ1) is 16.2. The van der Waals surface area contributed by atoms with E-state index in [1.54, 1.807) is 0 Å². The Bertz CT molecular complexity index is 1360. The van der Waals surface area contributed by atoms with Crippen molar-refractivity contribution in [2.45, 2.75) is 33.6 Å². The quantitative estimate of drug-likeness (QED) is 0.295. The number of rotatable bonds is 5. The van der Waals surface area contributed by atoms with Gasteiger partial charge in [-0.05, 0) is 72.9 Å². The van der Waals surface area contributed by atoms with Gasteiger partial charge >= 0.3 is 0 Å². The maximum absolute atomic E-state index is 6.17. The summed E-state index contributed by atoms with van der Waals surface area (Å²) in [4.78, 5) is 9.15. The first kappa shape index (κ1) is 22.3. The molecule has 0 saturated carbocycles. The number of nitrogens with zero attached hydrogens (tertiary/aromatic N) is 2. The lowest BCUT2D eigenvalue weighted by Gasteiger charge is -2.09. The van der Waals surface area contributed by atoms with E-state index in [4.69, 9.17) is 10.5 Å². The average molecular weight is 436 g/mol. The summed E-state index contributed by atoms with van der Waals surface area (Å²) in [5.74, 6) is 2.16. The predicted molar refractivity (Wildman–Crippen MR) is 138 cm³/mol. The third-order valence-electron chi connectivity index (χ3n) is 5.48. The van der Waals surface area contributed by atoms with Gasteiger partial charge in [0.2, 0.25) is 0 Å². The fourth-order valence-electron chi connectivity index (χ4n) is 3.84. The number of aryl methyl sites for hydroxylation is 3. The van der Waals surface area contributed by atoms with Crippen LogP contribution in [0.1, 0.15) is 30.5 Å². The minimum atomic E-state index is 0.480. The second kappa shape index (κ2) is 10.1. The SMILES string of the molecule is CC.Cc1ccc2c(c1)nc(N)c1ncc(CCc3ccc(Oc4ccccc4)cc3)cc12. The lowest BCUT2D eigenvalue weighted by Crippen LogP contribution is -1.98. The van der Waals surface area contributed by atoms with Crippen LogP contribution in [0, 0.1) is 6.92 Å². The van der Waals surface area contributed by atoms with Crippen LogP contribution in [0.5, 0.6) is 11.5 Å². The maximum Gasteiger partial charge on any atom is 0.150 e. The van der Waals surface area contributed by atoms with Crippen molar-refractivity contribution in [1.82, 2.24) is 9.97 Å². The van der Waals surface area contributed by atoms with Gasteiger partial charge in [0, 0.05) is 17.0 Å². The smallest absolute Gasteiger partial charge is 0.150 e. The second-order valence-corrected chi connectivity index (χ2v) is 7.82. The molecule has 33 heavy (non-hydrogen) atoms. The van der Waals surface area contributed by atoms with Crippen molar-refractivity contribution >= 4 is 27.6 Å². The lowest BCUT2D eigenvalue weighted by atomic mass is 10.0. The molecule has 0 amide bonds. The molecule has 0 radical (unpaired) electrons. The van der Waals surface area contributed by atoms with Crippen LogP contribution in [0.3, 0.4) is 0 Å². The van der Waals surface area contributed by atoms with Crippen LogP contribution >= 0.6 is 0 Å². The number of fused-ring (bicyclic) bond motifs is 3. The fourth-order valence-corrected chi connectivity index (χ4v) is 3.84. The molecule has 0 unspecified atom stereocenters. The van der Waals surface area contributed by atoms with E-state index in [0.29, 0.717) is 5.82 Å². The van der Waals surface area contributed by atoms with Crippen molar-refractivity contribution in [3.8, 4) is 11.5 Å². The van der Waals surface area contributed by atoms with Crippen LogP contribution in [-0.4, -0.2) is 9.97 Å². The summed E-state index contributed by atoms with van der Waals surface area (Å²) in [7, 11) is 0. The zero-order chi connectivity index (χ0) is 23.2. The molecule has 0 atom stereocenters. The van der Waals surface area contributed by atoms with E-state index < -0.39 is 0 Å². The molecule has 3 aromatic carbocycles. The molecule has 2 aromatic heterocycles. The standard InChI is InChI=1S/C27H23N3O.C2H6/c1-18-7-14-23-24-16-20(17-29-26(24)27(28)30-25(23)15-18)9-8-19-10-12-22(13-11-19)31-21-5-3-2-4-6-21;1-2/h2-7,10-17H,8-9H2,1H3,(H2,28,30);1-2H3. The Morgan fingerprint density at radius 1 is 0.758 bits per heavy atom. The summed E-state index contributed by atoms with van der Waals surface area (Å²) in [5, 5.41) is 2.15. The maximum atomic E-state index is 6.17. The van der Waals surface area contributed by atoms with E-state index in [-0.39, 0.29) is 0 Å². The fraction of sp³-hybridized carbons (Fsp3) is 0.172. The highest BCUT2D eigenvalue weighted by molar-refractivity contribution is 6.08. The number of aromatic nitrogens is 2. The molecule has 0 aliphatic carbocycles. The van der Waals surface area contributed by atoms with Gasteiger partial charge in [-0.15, -0.1) is 0 Å². The number of para-hydroxylation sites is 1. The molecule has 0 fully saturated rings. The number of ether oxygens (including phenoxy) is 1. The Kier molecular flexibility index (Phi) is 6.84. The van der Waals surface area contributed by atoms with E-state index >= 15 is 0 Å². The van der Waals surface area contributed by atoms with Crippen molar-refractivity contribution in [2.75, 3.05) is 5.73 Å². The molecule has 5 aromatic rings. The summed E-state index contributed by atoms with van der Waals surface area (Å²) >= 11 is 0. The molecule has 0 spiro atoms. The topological polar surface area (TPSA) is 61.0 Å². The van der Waals surface area contributed by atoms with Crippen LogP contribution in [0.25, 0.3) is 21.8 Å². The van der Waals surface area contributed by atoms with Gasteiger partial charge in [0.05, 0.1) is 5.52 Å². The van der Waals surface area contributed by atoms with Gasteiger partial charge in [-0.2, -0.15) is 0 Å². The van der Waals surface area contributed by atoms with Crippen molar-refractivity contribution in [1.29, 1.82) is 0 Å². The van der Waals surface area contributed by atoms with E-state index in [2.05, 4.69) is 53.3 Å². The molecule has 5 rings (SSSR count). The zero-order valence-electron chi connectivity index (χ0n) is 19.4. The van der Waals surface area contributed by atoms with Crippen molar-refractivity contribution in [3.05, 3.63) is 102 Å². The summed E-state index contributed by atoms with van der Waals surface area (Å²) in [5.41, 5.74) is 11.5. The average Bonchev–Trinajstić information content (AvgIpc) is 2.85. The third kappa shape index (κ3) is 5.12. The molecule has 2 N–H and O–H groups in total. The molecule has 0 saturated heterocycles. The highest BCUT2D eigenvalue weighted by atomic mass is 16.5. The summed E-state index contributed by atoms with van der Waals surface area (Å²) in [6.07, 6.45) is 3.74. The monoisotopic (exact) mass is 435 g/mol. The number of nitrogen functional groups attached to an aromatic ring is 1. The molecule has 2 heterocycles. The first-order valence-corrected chi connectivity index (χ1v) is 11.4. The van der Waals surface area contributed by atoms with Gasteiger partial charge in [0.15, 0.2) is 5.82 Å². The second-order valence-electron chi connectivity index (χ2n) is 7.82. The Labute approximate surface area is 195 Å². The summed E-state index contributed by atoms with van der Waals surface area (Å²) in [6.45, 7) is 6.06. The molecule has 0 bridgehead atoms. The Hall–Kier alpha value is -3.92. The number of nitrogens with two attached hydrogens (primary N) is 1. The van der Waals surface area contributed by atoms with Crippen LogP contribution in [0.4, 0.5) is 5.82 Å². The highest BCUT2D eigenvalue weighted by Crippen LogP contribution is 2.28. The largest absolute Gasteiger partial charge is 0.457 e. The third-order valence-corrected chi connectivity index (χ3v) is 5.48. The van der Waals surface area contributed by atoms with Crippen LogP contribution in [-0.2, 0) is 12.8 Å². The van der Waals surface area contributed by atoms with Gasteiger partial charge in [-0.25, -0.2) is 4.98 Å². The van der Waals surface area contributed by atoms with Crippen molar-refractivity contribution in [2.24, 2.45) is 0 Å². The van der Waals surface area contributed by atoms with E-state index in [1.807, 2.05) is 62.5 Å². The highest BCUT2D eigenvalue weighted by Gasteiger charge is 2.09. The van der Waals surface area contributed by atoms with Crippen LogP contribution in [0.15, 0.2) is 85.1 Å². The Morgan fingerprint density at radius 3 is 2.21 bits per heavy atom. The number of hydrogen-bond acceptors (Lipinski definition) is 4. The Balaban J connectivity index is 0.00000126. The van der Waals surface area contributed by atoms with Crippen LogP contribution < -0.4 is 10.5 Å². The van der Waals surface area contributed by atoms with E-state index in [9.17, 15) is 0 Å². The molecule has 166 valence electrons. The molecule has 0 aliphatic rings. The van der Waals surface area contributed by atoms with Crippen LogP contribution in [0.2, 0.25) is 0 Å².